The van der Waals surface area contributed by atoms with Crippen LogP contribution < -0.4 is 0 Å². The maximum Gasteiger partial charge on any atom is 0.341 e. The third kappa shape index (κ3) is 4.60. The summed E-state index contributed by atoms with van der Waals surface area (Å²) in [5.41, 5.74) is 2.65. The molecule has 30 heavy (non-hydrogen) atoms. The highest BCUT2D eigenvalue weighted by atomic mass is 16.5. The van der Waals surface area contributed by atoms with Gasteiger partial charge in [0, 0.05) is 31.7 Å². The molecule has 3 aromatic rings. The second kappa shape index (κ2) is 8.81. The van der Waals surface area contributed by atoms with Crippen molar-refractivity contribution in [2.45, 2.75) is 26.9 Å². The monoisotopic (exact) mass is 410 g/mol. The van der Waals surface area contributed by atoms with E-state index in [1.54, 1.807) is 13.0 Å². The summed E-state index contributed by atoms with van der Waals surface area (Å²) < 4.78 is 16.0. The molecule has 8 nitrogen and oxygen atoms in total. The van der Waals surface area contributed by atoms with Crippen molar-refractivity contribution in [1.29, 1.82) is 0 Å². The Labute approximate surface area is 175 Å². The first-order valence-corrected chi connectivity index (χ1v) is 10.0. The second-order valence-corrected chi connectivity index (χ2v) is 7.60. The molecule has 1 aromatic carbocycles. The number of aromatic nitrogens is 2. The minimum Gasteiger partial charge on any atom is -0.465 e. The van der Waals surface area contributed by atoms with Gasteiger partial charge in [-0.05, 0) is 19.9 Å². The molecule has 1 aliphatic heterocycles. The molecule has 3 heterocycles. The SMILES string of the molecule is COC(=O)c1cc(CN2CCN(Cc3nc(-c4ccc(C)cc4)no3)CC2)oc1C. The Bertz CT molecular complexity index is 1000. The van der Waals surface area contributed by atoms with Crippen LogP contribution in [0.1, 0.15) is 33.3 Å². The summed E-state index contributed by atoms with van der Waals surface area (Å²) in [4.78, 5) is 20.9. The van der Waals surface area contributed by atoms with Crippen LogP contribution in [0.15, 0.2) is 39.3 Å². The number of methoxy groups -OCH3 is 1. The van der Waals surface area contributed by atoms with Crippen molar-refractivity contribution >= 4 is 5.97 Å². The zero-order chi connectivity index (χ0) is 21.1. The summed E-state index contributed by atoms with van der Waals surface area (Å²) in [6.45, 7) is 8.72. The number of rotatable bonds is 6. The quantitative estimate of drug-likeness (QED) is 0.573. The highest BCUT2D eigenvalue weighted by Crippen LogP contribution is 2.19. The van der Waals surface area contributed by atoms with Gasteiger partial charge < -0.3 is 13.7 Å². The van der Waals surface area contributed by atoms with Crippen molar-refractivity contribution in [3.05, 3.63) is 58.9 Å². The van der Waals surface area contributed by atoms with Crippen LogP contribution in [0, 0.1) is 13.8 Å². The van der Waals surface area contributed by atoms with Gasteiger partial charge in [0.25, 0.3) is 0 Å². The van der Waals surface area contributed by atoms with E-state index in [2.05, 4.69) is 26.9 Å². The standard InChI is InChI=1S/C22H26N4O4/c1-15-4-6-17(7-5-15)21-23-20(30-24-21)14-26-10-8-25(9-11-26)13-18-12-19(16(2)29-18)22(27)28-3/h4-7,12H,8-11,13-14H2,1-3H3. The lowest BCUT2D eigenvalue weighted by Gasteiger charge is -2.33. The van der Waals surface area contributed by atoms with Gasteiger partial charge in [-0.3, -0.25) is 9.80 Å². The predicted octanol–water partition coefficient (Wildman–Crippen LogP) is 3.05. The number of hydrogen-bond acceptors (Lipinski definition) is 8. The van der Waals surface area contributed by atoms with Gasteiger partial charge in [0.15, 0.2) is 0 Å². The van der Waals surface area contributed by atoms with Crippen LogP contribution in [0.5, 0.6) is 0 Å². The smallest absolute Gasteiger partial charge is 0.341 e. The van der Waals surface area contributed by atoms with Crippen LogP contribution in [0.25, 0.3) is 11.4 Å². The fourth-order valence-corrected chi connectivity index (χ4v) is 3.59. The summed E-state index contributed by atoms with van der Waals surface area (Å²) in [7, 11) is 1.38. The molecule has 0 radical (unpaired) electrons. The third-order valence-electron chi connectivity index (χ3n) is 5.36. The number of hydrogen-bond donors (Lipinski definition) is 0. The van der Waals surface area contributed by atoms with E-state index in [1.807, 2.05) is 24.3 Å². The van der Waals surface area contributed by atoms with Crippen molar-refractivity contribution in [1.82, 2.24) is 19.9 Å². The third-order valence-corrected chi connectivity index (χ3v) is 5.36. The first kappa shape index (κ1) is 20.3. The Morgan fingerprint density at radius 2 is 1.73 bits per heavy atom. The number of carbonyl (C=O) groups excluding carboxylic acids is 1. The summed E-state index contributed by atoms with van der Waals surface area (Å²) in [5.74, 6) is 2.26. The molecule has 0 spiro atoms. The minimum atomic E-state index is -0.364. The number of esters is 1. The van der Waals surface area contributed by atoms with Gasteiger partial charge in [-0.15, -0.1) is 0 Å². The Balaban J connectivity index is 1.29. The molecule has 0 atom stereocenters. The van der Waals surface area contributed by atoms with Crippen LogP contribution in [0.3, 0.4) is 0 Å². The van der Waals surface area contributed by atoms with E-state index < -0.39 is 0 Å². The van der Waals surface area contributed by atoms with Gasteiger partial charge >= 0.3 is 5.97 Å². The van der Waals surface area contributed by atoms with E-state index in [1.165, 1.54) is 12.7 Å². The van der Waals surface area contributed by atoms with Crippen molar-refractivity contribution < 1.29 is 18.5 Å². The number of ether oxygens (including phenoxy) is 1. The van der Waals surface area contributed by atoms with Gasteiger partial charge in [0.05, 0.1) is 20.2 Å². The second-order valence-electron chi connectivity index (χ2n) is 7.60. The first-order valence-electron chi connectivity index (χ1n) is 10.0. The van der Waals surface area contributed by atoms with E-state index in [9.17, 15) is 4.79 Å². The maximum absolute atomic E-state index is 11.7. The van der Waals surface area contributed by atoms with Crippen molar-refractivity contribution in [3.8, 4) is 11.4 Å². The highest BCUT2D eigenvalue weighted by Gasteiger charge is 2.22. The van der Waals surface area contributed by atoms with Gasteiger partial charge in [0.2, 0.25) is 11.7 Å². The average molecular weight is 410 g/mol. The maximum atomic E-state index is 11.7. The fourth-order valence-electron chi connectivity index (χ4n) is 3.59. The van der Waals surface area contributed by atoms with Crippen LogP contribution in [-0.2, 0) is 17.8 Å². The van der Waals surface area contributed by atoms with E-state index in [0.29, 0.717) is 36.1 Å². The lowest BCUT2D eigenvalue weighted by Crippen LogP contribution is -2.45. The molecule has 0 saturated carbocycles. The van der Waals surface area contributed by atoms with Crippen LogP contribution in [0.2, 0.25) is 0 Å². The Morgan fingerprint density at radius 1 is 1.07 bits per heavy atom. The number of furan rings is 1. The number of benzene rings is 1. The molecule has 0 aliphatic carbocycles. The van der Waals surface area contributed by atoms with Crippen molar-refractivity contribution in [2.24, 2.45) is 0 Å². The largest absolute Gasteiger partial charge is 0.465 e. The molecule has 4 rings (SSSR count). The van der Waals surface area contributed by atoms with Crippen molar-refractivity contribution in [3.63, 3.8) is 0 Å². The van der Waals surface area contributed by atoms with E-state index in [4.69, 9.17) is 13.7 Å². The molecule has 0 unspecified atom stereocenters. The van der Waals surface area contributed by atoms with Crippen LogP contribution >= 0.6 is 0 Å². The molecule has 8 heteroatoms. The summed E-state index contributed by atoms with van der Waals surface area (Å²) in [5, 5.41) is 4.11. The zero-order valence-corrected chi connectivity index (χ0v) is 17.6. The summed E-state index contributed by atoms with van der Waals surface area (Å²) in [6, 6.07) is 9.87. The molecule has 1 saturated heterocycles. The molecule has 1 aliphatic rings. The lowest BCUT2D eigenvalue weighted by molar-refractivity contribution is 0.0599. The summed E-state index contributed by atoms with van der Waals surface area (Å²) >= 11 is 0. The fraction of sp³-hybridized carbons (Fsp3) is 0.409. The number of carbonyl (C=O) groups is 1. The number of piperazine rings is 1. The molecule has 2 aromatic heterocycles. The topological polar surface area (TPSA) is 84.8 Å². The van der Waals surface area contributed by atoms with Crippen LogP contribution in [-0.4, -0.2) is 59.2 Å². The summed E-state index contributed by atoms with van der Waals surface area (Å²) in [6.07, 6.45) is 0. The molecule has 1 fully saturated rings. The average Bonchev–Trinajstić information content (AvgIpc) is 3.36. The van der Waals surface area contributed by atoms with E-state index in [0.717, 1.165) is 37.5 Å². The predicted molar refractivity (Wildman–Crippen MR) is 110 cm³/mol. The molecular formula is C22H26N4O4. The van der Waals surface area contributed by atoms with Gasteiger partial charge in [-0.2, -0.15) is 4.98 Å². The molecule has 0 bridgehead atoms. The Morgan fingerprint density at radius 3 is 2.40 bits per heavy atom. The molecule has 0 N–H and O–H groups in total. The van der Waals surface area contributed by atoms with Gasteiger partial charge in [0.1, 0.15) is 17.1 Å². The normalized spacial score (nSPS) is 15.4. The Hall–Kier alpha value is -2.97. The van der Waals surface area contributed by atoms with E-state index in [-0.39, 0.29) is 5.97 Å². The highest BCUT2D eigenvalue weighted by molar-refractivity contribution is 5.90. The lowest BCUT2D eigenvalue weighted by atomic mass is 10.1. The minimum absolute atomic E-state index is 0.364. The molecule has 158 valence electrons. The molecular weight excluding hydrogens is 384 g/mol. The van der Waals surface area contributed by atoms with Gasteiger partial charge in [-0.25, -0.2) is 4.79 Å². The zero-order valence-electron chi connectivity index (χ0n) is 17.6. The number of nitrogens with zero attached hydrogens (tertiary/aromatic N) is 4. The van der Waals surface area contributed by atoms with E-state index >= 15 is 0 Å². The number of aryl methyl sites for hydroxylation is 2. The molecule has 0 amide bonds. The van der Waals surface area contributed by atoms with Crippen molar-refractivity contribution in [2.75, 3.05) is 33.3 Å². The first-order chi connectivity index (χ1) is 14.5. The van der Waals surface area contributed by atoms with Crippen LogP contribution in [0.4, 0.5) is 0 Å². The van der Waals surface area contributed by atoms with Gasteiger partial charge in [-0.1, -0.05) is 35.0 Å². The Kier molecular flexibility index (Phi) is 5.96.